The molecule has 96 valence electrons. The summed E-state index contributed by atoms with van der Waals surface area (Å²) in [5.74, 6) is 0. The molecular weight excluding hydrogens is 224 g/mol. The molecule has 0 atom stereocenters. The summed E-state index contributed by atoms with van der Waals surface area (Å²) in [6, 6.07) is 8.22. The first kappa shape index (κ1) is 12.7. The maximum atomic E-state index is 12.0. The van der Waals surface area contributed by atoms with Gasteiger partial charge in [-0.15, -0.1) is 0 Å². The van der Waals surface area contributed by atoms with Crippen LogP contribution in [0.1, 0.15) is 31.4 Å². The molecule has 0 aliphatic rings. The Hall–Kier alpha value is -1.77. The maximum Gasteiger partial charge on any atom is 0.267 e. The summed E-state index contributed by atoms with van der Waals surface area (Å²) in [5.41, 5.74) is 4.38. The van der Waals surface area contributed by atoms with Crippen molar-refractivity contribution in [3.05, 3.63) is 45.7 Å². The van der Waals surface area contributed by atoms with Gasteiger partial charge in [0.05, 0.1) is 5.69 Å². The van der Waals surface area contributed by atoms with Crippen LogP contribution in [-0.2, 0) is 13.0 Å². The smallest absolute Gasteiger partial charge is 0.267 e. The highest BCUT2D eigenvalue weighted by Gasteiger charge is 2.16. The van der Waals surface area contributed by atoms with Gasteiger partial charge in [0.2, 0.25) is 0 Å². The minimum Gasteiger partial charge on any atom is -0.284 e. The zero-order valence-electron chi connectivity index (χ0n) is 11.3. The fraction of sp³-hybridized carbons (Fsp3) is 0.400. The molecule has 3 nitrogen and oxygen atoms in total. The molecule has 1 heterocycles. The SMILES string of the molecule is CCCc1c(-c2ccccc2C)n(CC)[nH]c1=O. The fourth-order valence-corrected chi connectivity index (χ4v) is 2.38. The Balaban J connectivity index is 2.68. The Labute approximate surface area is 107 Å². The van der Waals surface area contributed by atoms with Gasteiger partial charge in [0, 0.05) is 17.7 Å². The minimum absolute atomic E-state index is 0.0527. The second-order valence-electron chi connectivity index (χ2n) is 4.58. The molecule has 0 saturated carbocycles. The van der Waals surface area contributed by atoms with Gasteiger partial charge in [-0.1, -0.05) is 37.6 Å². The van der Waals surface area contributed by atoms with Crippen LogP contribution in [0, 0.1) is 6.92 Å². The molecule has 2 rings (SSSR count). The van der Waals surface area contributed by atoms with Crippen LogP contribution in [0.2, 0.25) is 0 Å². The van der Waals surface area contributed by atoms with Crippen LogP contribution < -0.4 is 5.56 Å². The number of hydrogen-bond donors (Lipinski definition) is 1. The molecule has 0 spiro atoms. The molecule has 1 aromatic carbocycles. The van der Waals surface area contributed by atoms with Crippen molar-refractivity contribution in [2.24, 2.45) is 0 Å². The predicted molar refractivity (Wildman–Crippen MR) is 74.9 cm³/mol. The standard InChI is InChI=1S/C15H20N2O/c1-4-8-13-14(17(5-2)16-15(13)18)12-10-7-6-9-11(12)3/h6-7,9-10H,4-5,8H2,1-3H3,(H,16,18). The van der Waals surface area contributed by atoms with E-state index in [0.717, 1.165) is 36.2 Å². The number of hydrogen-bond acceptors (Lipinski definition) is 1. The zero-order valence-corrected chi connectivity index (χ0v) is 11.3. The topological polar surface area (TPSA) is 37.8 Å². The van der Waals surface area contributed by atoms with Gasteiger partial charge in [-0.3, -0.25) is 14.6 Å². The molecule has 0 amide bonds. The van der Waals surface area contributed by atoms with E-state index in [4.69, 9.17) is 0 Å². The highest BCUT2D eigenvalue weighted by Crippen LogP contribution is 2.25. The van der Waals surface area contributed by atoms with Gasteiger partial charge in [0.1, 0.15) is 0 Å². The second kappa shape index (κ2) is 5.25. The molecule has 0 unspecified atom stereocenters. The van der Waals surface area contributed by atoms with Crippen LogP contribution in [0.25, 0.3) is 11.3 Å². The fourth-order valence-electron chi connectivity index (χ4n) is 2.38. The number of nitrogens with one attached hydrogen (secondary N) is 1. The van der Waals surface area contributed by atoms with Crippen molar-refractivity contribution < 1.29 is 0 Å². The third kappa shape index (κ3) is 2.13. The third-order valence-corrected chi connectivity index (χ3v) is 3.28. The molecule has 1 aromatic heterocycles. The molecular formula is C15H20N2O. The van der Waals surface area contributed by atoms with Gasteiger partial charge in [-0.25, -0.2) is 0 Å². The highest BCUT2D eigenvalue weighted by molar-refractivity contribution is 5.67. The molecule has 1 N–H and O–H groups in total. The molecule has 0 radical (unpaired) electrons. The number of H-pyrrole nitrogens is 1. The van der Waals surface area contributed by atoms with E-state index in [2.05, 4.69) is 31.1 Å². The Morgan fingerprint density at radius 3 is 2.56 bits per heavy atom. The van der Waals surface area contributed by atoms with Crippen molar-refractivity contribution in [1.29, 1.82) is 0 Å². The van der Waals surface area contributed by atoms with E-state index in [1.165, 1.54) is 5.56 Å². The molecule has 18 heavy (non-hydrogen) atoms. The molecule has 0 fully saturated rings. The van der Waals surface area contributed by atoms with E-state index < -0.39 is 0 Å². The summed E-state index contributed by atoms with van der Waals surface area (Å²) in [5, 5.41) is 2.93. The van der Waals surface area contributed by atoms with E-state index in [9.17, 15) is 4.79 Å². The third-order valence-electron chi connectivity index (χ3n) is 3.28. The first-order valence-electron chi connectivity index (χ1n) is 6.56. The summed E-state index contributed by atoms with van der Waals surface area (Å²) in [6.45, 7) is 7.02. The Kier molecular flexibility index (Phi) is 3.70. The van der Waals surface area contributed by atoms with Crippen LogP contribution in [0.5, 0.6) is 0 Å². The second-order valence-corrected chi connectivity index (χ2v) is 4.58. The van der Waals surface area contributed by atoms with E-state index in [0.29, 0.717) is 0 Å². The lowest BCUT2D eigenvalue weighted by molar-refractivity contribution is 0.659. The van der Waals surface area contributed by atoms with E-state index in [1.54, 1.807) is 0 Å². The van der Waals surface area contributed by atoms with Crippen molar-refractivity contribution in [3.8, 4) is 11.3 Å². The quantitative estimate of drug-likeness (QED) is 0.881. The van der Waals surface area contributed by atoms with Crippen molar-refractivity contribution in [3.63, 3.8) is 0 Å². The van der Waals surface area contributed by atoms with E-state index in [1.807, 2.05) is 23.7 Å². The summed E-state index contributed by atoms with van der Waals surface area (Å²) in [7, 11) is 0. The van der Waals surface area contributed by atoms with Gasteiger partial charge in [0.25, 0.3) is 5.56 Å². The van der Waals surface area contributed by atoms with Gasteiger partial charge in [-0.05, 0) is 25.8 Å². The van der Waals surface area contributed by atoms with Crippen molar-refractivity contribution in [2.75, 3.05) is 0 Å². The molecule has 2 aromatic rings. The van der Waals surface area contributed by atoms with Gasteiger partial charge < -0.3 is 0 Å². The van der Waals surface area contributed by atoms with Gasteiger partial charge in [-0.2, -0.15) is 0 Å². The summed E-state index contributed by atoms with van der Waals surface area (Å²) in [4.78, 5) is 12.0. The summed E-state index contributed by atoms with van der Waals surface area (Å²) in [6.07, 6.45) is 1.81. The number of aromatic nitrogens is 2. The molecule has 0 aliphatic carbocycles. The van der Waals surface area contributed by atoms with Crippen LogP contribution >= 0.6 is 0 Å². The van der Waals surface area contributed by atoms with Crippen molar-refractivity contribution >= 4 is 0 Å². The lowest BCUT2D eigenvalue weighted by Gasteiger charge is -2.10. The summed E-state index contributed by atoms with van der Waals surface area (Å²) >= 11 is 0. The molecule has 0 saturated heterocycles. The Bertz CT molecular complexity index is 593. The van der Waals surface area contributed by atoms with Crippen LogP contribution in [0.15, 0.2) is 29.1 Å². The molecule has 0 aliphatic heterocycles. The number of aryl methyl sites for hydroxylation is 2. The normalized spacial score (nSPS) is 10.8. The van der Waals surface area contributed by atoms with Gasteiger partial charge in [0.15, 0.2) is 0 Å². The Morgan fingerprint density at radius 1 is 1.22 bits per heavy atom. The monoisotopic (exact) mass is 244 g/mol. The van der Waals surface area contributed by atoms with Crippen molar-refractivity contribution in [1.82, 2.24) is 9.78 Å². The largest absolute Gasteiger partial charge is 0.284 e. The lowest BCUT2D eigenvalue weighted by atomic mass is 10.0. The molecule has 0 bridgehead atoms. The zero-order chi connectivity index (χ0) is 13.1. The van der Waals surface area contributed by atoms with Crippen LogP contribution in [0.4, 0.5) is 0 Å². The maximum absolute atomic E-state index is 12.0. The number of nitrogens with zero attached hydrogens (tertiary/aromatic N) is 1. The van der Waals surface area contributed by atoms with Crippen LogP contribution in [-0.4, -0.2) is 9.78 Å². The first-order valence-corrected chi connectivity index (χ1v) is 6.56. The highest BCUT2D eigenvalue weighted by atomic mass is 16.1. The summed E-state index contributed by atoms with van der Waals surface area (Å²) < 4.78 is 1.95. The first-order chi connectivity index (χ1) is 8.69. The van der Waals surface area contributed by atoms with Gasteiger partial charge >= 0.3 is 0 Å². The lowest BCUT2D eigenvalue weighted by Crippen LogP contribution is -2.07. The average Bonchev–Trinajstić information content (AvgIpc) is 2.68. The predicted octanol–water partition coefficient (Wildman–Crippen LogP) is 3.12. The number of aromatic amines is 1. The van der Waals surface area contributed by atoms with Crippen LogP contribution in [0.3, 0.4) is 0 Å². The number of benzene rings is 1. The van der Waals surface area contributed by atoms with E-state index >= 15 is 0 Å². The Morgan fingerprint density at radius 2 is 1.94 bits per heavy atom. The average molecular weight is 244 g/mol. The van der Waals surface area contributed by atoms with E-state index in [-0.39, 0.29) is 5.56 Å². The molecule has 3 heteroatoms. The van der Waals surface area contributed by atoms with Crippen molar-refractivity contribution in [2.45, 2.75) is 40.2 Å². The minimum atomic E-state index is 0.0527. The number of rotatable bonds is 4.